The van der Waals surface area contributed by atoms with Crippen molar-refractivity contribution in [3.8, 4) is 0 Å². The minimum Gasteiger partial charge on any atom is -0.386 e. The molecular formula is C14H34O3P12. The van der Waals surface area contributed by atoms with E-state index < -0.39 is 13.1 Å². The van der Waals surface area contributed by atoms with Crippen molar-refractivity contribution in [3.63, 3.8) is 0 Å². The van der Waals surface area contributed by atoms with E-state index >= 15 is 0 Å². The van der Waals surface area contributed by atoms with Crippen LogP contribution in [0.25, 0.3) is 0 Å². The Morgan fingerprint density at radius 2 is 1.83 bits per heavy atom. The Labute approximate surface area is 198 Å². The molecular weight excluding hydrogens is 588 g/mol. The minimum absolute atomic E-state index is 0.0546. The van der Waals surface area contributed by atoms with Crippen LogP contribution in [0.5, 0.6) is 0 Å². The maximum absolute atomic E-state index is 12.3. The number of hydrogen-bond acceptors (Lipinski definition) is 3. The highest BCUT2D eigenvalue weighted by Gasteiger charge is 2.79. The van der Waals surface area contributed by atoms with Gasteiger partial charge in [0.25, 0.3) is 0 Å². The molecule has 0 saturated heterocycles. The summed E-state index contributed by atoms with van der Waals surface area (Å²) in [6.45, 7) is 6.29. The Morgan fingerprint density at radius 3 is 2.34 bits per heavy atom. The Morgan fingerprint density at radius 1 is 1.17 bits per heavy atom. The Balaban J connectivity index is 2.06. The quantitative estimate of drug-likeness (QED) is 0.217. The summed E-state index contributed by atoms with van der Waals surface area (Å²) in [7, 11) is 18.5. The van der Waals surface area contributed by atoms with Gasteiger partial charge in [0.15, 0.2) is 0 Å². The second kappa shape index (κ2) is 11.0. The van der Waals surface area contributed by atoms with E-state index in [-0.39, 0.29) is 44.0 Å². The van der Waals surface area contributed by atoms with Crippen LogP contribution in [0.2, 0.25) is 0 Å². The first-order valence-corrected chi connectivity index (χ1v) is 29.6. The SMILES string of the molecule is CC1=CCC2[C@@H](OPP)[C@]3(O)CC[C@H](OP(P(P)P)P(PP)P(P)P)C13C2(C)C. The summed E-state index contributed by atoms with van der Waals surface area (Å²) in [5.41, 5.74) is 0.0807. The molecule has 0 radical (unpaired) electrons. The Hall–Kier alpha value is 4.78. The van der Waals surface area contributed by atoms with E-state index in [1.807, 2.05) is 0 Å². The van der Waals surface area contributed by atoms with Gasteiger partial charge in [-0.1, -0.05) is 42.4 Å². The molecule has 0 heterocycles. The van der Waals surface area contributed by atoms with Gasteiger partial charge in [-0.15, -0.1) is 44.6 Å². The lowest BCUT2D eigenvalue weighted by Gasteiger charge is -2.53. The molecule has 2 saturated carbocycles. The van der Waals surface area contributed by atoms with Crippen LogP contribution in [0.1, 0.15) is 40.0 Å². The first kappa shape index (κ1) is 28.4. The summed E-state index contributed by atoms with van der Waals surface area (Å²) in [5.74, 6) is 0.334. The minimum atomic E-state index is -0.837. The third-order valence-electron chi connectivity index (χ3n) is 7.14. The van der Waals surface area contributed by atoms with Gasteiger partial charge >= 0.3 is 0 Å². The number of hydrogen-bond donors (Lipinski definition) is 1. The van der Waals surface area contributed by atoms with E-state index in [2.05, 4.69) is 80.4 Å². The summed E-state index contributed by atoms with van der Waals surface area (Å²) in [6, 6.07) is 0. The smallest absolute Gasteiger partial charge is 0.104 e. The molecule has 3 aliphatic carbocycles. The van der Waals surface area contributed by atoms with Gasteiger partial charge in [-0.2, -0.15) is 0 Å². The maximum Gasteiger partial charge on any atom is 0.104 e. The van der Waals surface area contributed by atoms with Gasteiger partial charge in [-0.05, 0) is 51.5 Å². The largest absolute Gasteiger partial charge is 0.386 e. The van der Waals surface area contributed by atoms with Crippen molar-refractivity contribution in [2.45, 2.75) is 57.8 Å². The van der Waals surface area contributed by atoms with E-state index in [0.717, 1.165) is 27.2 Å². The summed E-state index contributed by atoms with van der Waals surface area (Å²) in [6.07, 6.45) is 5.02. The number of fused-ring (bicyclic) bond motifs is 1. The predicted molar refractivity (Wildman–Crippen MR) is 165 cm³/mol. The molecule has 2 fully saturated rings. The number of allylic oxidation sites excluding steroid dienone is 1. The molecule has 29 heavy (non-hydrogen) atoms. The molecule has 0 aromatic rings. The fraction of sp³-hybridized carbons (Fsp3) is 0.857. The first-order chi connectivity index (χ1) is 13.5. The van der Waals surface area contributed by atoms with Crippen LogP contribution < -0.4 is 0 Å². The zero-order valence-electron chi connectivity index (χ0n) is 16.9. The van der Waals surface area contributed by atoms with Crippen molar-refractivity contribution in [2.24, 2.45) is 16.7 Å². The molecule has 0 aromatic heterocycles. The molecule has 15 atom stereocenters. The van der Waals surface area contributed by atoms with Gasteiger partial charge in [0.05, 0.1) is 25.1 Å². The molecule has 0 aliphatic heterocycles. The van der Waals surface area contributed by atoms with Crippen molar-refractivity contribution < 1.29 is 14.2 Å². The predicted octanol–water partition coefficient (Wildman–Crippen LogP) is 8.79. The van der Waals surface area contributed by atoms with Crippen LogP contribution in [-0.2, 0) is 9.05 Å². The molecule has 2 bridgehead atoms. The van der Waals surface area contributed by atoms with Crippen LogP contribution in [0.15, 0.2) is 11.6 Å². The van der Waals surface area contributed by atoms with Gasteiger partial charge in [0.2, 0.25) is 0 Å². The summed E-state index contributed by atoms with van der Waals surface area (Å²) >= 11 is 0. The molecule has 15 heteroatoms. The lowest BCUT2D eigenvalue weighted by molar-refractivity contribution is -0.116. The fourth-order valence-corrected chi connectivity index (χ4v) is 73.5. The van der Waals surface area contributed by atoms with E-state index in [1.54, 1.807) is 0 Å². The molecule has 12 unspecified atom stereocenters. The summed E-state index contributed by atoms with van der Waals surface area (Å²) < 4.78 is 13.5. The molecule has 168 valence electrons. The first-order valence-electron chi connectivity index (χ1n) is 9.33. The molecule has 3 nitrogen and oxygen atoms in total. The van der Waals surface area contributed by atoms with Gasteiger partial charge in [0.1, 0.15) is 5.60 Å². The standard InChI is InChI=1S/C14H34O3P12/c1-8-4-5-9-11(16-24-18)13(15)7-6-10(14(8,13)12(9,2)3)17-26(27(20)21)29(25-19)28(22)23/h4,9-11,15,24-25H,5-7,18-23H2,1-3H3/t9?,10-,11+,13+,14?,26?,29?/m0/s1. The van der Waals surface area contributed by atoms with Crippen molar-refractivity contribution in [2.75, 3.05) is 0 Å². The third kappa shape index (κ3) is 4.53. The normalized spacial score (nSPS) is 41.1. The van der Waals surface area contributed by atoms with Crippen LogP contribution in [-0.4, -0.2) is 22.9 Å². The van der Waals surface area contributed by atoms with Crippen molar-refractivity contribution in [1.82, 2.24) is 0 Å². The Bertz CT molecular complexity index is 647. The molecule has 0 aromatic carbocycles. The average Bonchev–Trinajstić information content (AvgIpc) is 2.95. The van der Waals surface area contributed by atoms with Gasteiger partial charge in [-0.25, -0.2) is 0 Å². The third-order valence-corrected chi connectivity index (χ3v) is 55.2. The highest BCUT2D eigenvalue weighted by molar-refractivity contribution is 9.10. The number of rotatable bonds is 8. The van der Waals surface area contributed by atoms with Gasteiger partial charge < -0.3 is 14.2 Å². The zero-order valence-corrected chi connectivity index (χ0v) is 29.5. The Kier molecular flexibility index (Phi) is 10.8. The van der Waals surface area contributed by atoms with Crippen LogP contribution in [0.4, 0.5) is 0 Å². The van der Waals surface area contributed by atoms with Crippen molar-refractivity contribution in [1.29, 1.82) is 0 Å². The molecule has 0 amide bonds. The highest BCUT2D eigenvalue weighted by atomic mass is 33.1. The van der Waals surface area contributed by atoms with Crippen LogP contribution in [0, 0.1) is 16.7 Å². The van der Waals surface area contributed by atoms with Gasteiger partial charge in [0, 0.05) is 15.5 Å². The van der Waals surface area contributed by atoms with E-state index in [4.69, 9.17) is 9.05 Å². The average molecular weight is 622 g/mol. The van der Waals surface area contributed by atoms with E-state index in [0.29, 0.717) is 14.4 Å². The summed E-state index contributed by atoms with van der Waals surface area (Å²) in [5, 5.41) is 12.3. The van der Waals surface area contributed by atoms with Crippen molar-refractivity contribution >= 4 is 98.5 Å². The summed E-state index contributed by atoms with van der Waals surface area (Å²) in [4.78, 5) is 0. The van der Waals surface area contributed by atoms with E-state index in [1.165, 1.54) is 5.57 Å². The maximum atomic E-state index is 12.3. The van der Waals surface area contributed by atoms with Crippen molar-refractivity contribution in [3.05, 3.63) is 11.6 Å². The highest BCUT2D eigenvalue weighted by Crippen LogP contribution is 3.09. The lowest BCUT2D eigenvalue weighted by atomic mass is 9.54. The van der Waals surface area contributed by atoms with E-state index in [9.17, 15) is 5.11 Å². The monoisotopic (exact) mass is 622 g/mol. The number of aliphatic hydroxyl groups is 1. The second-order valence-electron chi connectivity index (χ2n) is 8.40. The van der Waals surface area contributed by atoms with Crippen LogP contribution in [0.3, 0.4) is 0 Å². The topological polar surface area (TPSA) is 38.7 Å². The zero-order chi connectivity index (χ0) is 21.8. The molecule has 1 N–H and O–H groups in total. The fourth-order valence-electron chi connectivity index (χ4n) is 6.27. The molecule has 1 spiro atoms. The second-order valence-corrected chi connectivity index (χ2v) is 44.1. The lowest BCUT2D eigenvalue weighted by Crippen LogP contribution is -2.56. The molecule has 3 rings (SSSR count). The molecule has 3 aliphatic rings. The van der Waals surface area contributed by atoms with Gasteiger partial charge in [-0.3, -0.25) is 0 Å². The van der Waals surface area contributed by atoms with Crippen LogP contribution >= 0.6 is 98.5 Å².